The summed E-state index contributed by atoms with van der Waals surface area (Å²) in [6, 6.07) is 5.73. The van der Waals surface area contributed by atoms with E-state index in [0.29, 0.717) is 5.02 Å². The van der Waals surface area contributed by atoms with Crippen molar-refractivity contribution < 1.29 is 8.42 Å². The first-order valence-corrected chi connectivity index (χ1v) is 5.84. The fourth-order valence-electron chi connectivity index (χ4n) is 0.775. The molecule has 0 radical (unpaired) electrons. The Hall–Kier alpha value is -1.14. The van der Waals surface area contributed by atoms with Crippen molar-refractivity contribution in [1.29, 1.82) is 0 Å². The molecule has 0 N–H and O–H groups in total. The second-order valence-corrected chi connectivity index (χ2v) is 4.97. The van der Waals surface area contributed by atoms with Gasteiger partial charge in [0, 0.05) is 19.1 Å². The van der Waals surface area contributed by atoms with Crippen molar-refractivity contribution in [2.45, 2.75) is 4.90 Å². The Morgan fingerprint density at radius 1 is 1.20 bits per heavy atom. The summed E-state index contributed by atoms with van der Waals surface area (Å²) in [7, 11) is -0.546. The first-order chi connectivity index (χ1) is 6.92. The summed E-state index contributed by atoms with van der Waals surface area (Å²) >= 11 is 5.63. The van der Waals surface area contributed by atoms with E-state index in [0.717, 1.165) is 0 Å². The topological polar surface area (TPSA) is 62.1 Å². The molecule has 0 saturated carbocycles. The highest BCUT2D eigenvalue weighted by molar-refractivity contribution is 7.90. The van der Waals surface area contributed by atoms with E-state index >= 15 is 0 Å². The van der Waals surface area contributed by atoms with Crippen molar-refractivity contribution in [2.24, 2.45) is 9.74 Å². The van der Waals surface area contributed by atoms with E-state index in [2.05, 4.69) is 9.74 Å². The Morgan fingerprint density at radius 2 is 1.73 bits per heavy atom. The molecular weight excluding hydrogens is 238 g/mol. The monoisotopic (exact) mass is 247 g/mol. The highest BCUT2D eigenvalue weighted by atomic mass is 35.5. The van der Waals surface area contributed by atoms with Gasteiger partial charge >= 0.3 is 10.0 Å². The molecule has 7 heteroatoms. The van der Waals surface area contributed by atoms with Crippen LogP contribution in [0.15, 0.2) is 38.9 Å². The van der Waals surface area contributed by atoms with Gasteiger partial charge in [0.15, 0.2) is 0 Å². The average Bonchev–Trinajstić information content (AvgIpc) is 2.16. The summed E-state index contributed by atoms with van der Waals surface area (Å²) in [6.07, 6.45) is 0. The van der Waals surface area contributed by atoms with Gasteiger partial charge in [-0.3, -0.25) is 5.01 Å². The van der Waals surface area contributed by atoms with Crippen LogP contribution >= 0.6 is 11.6 Å². The lowest BCUT2D eigenvalue weighted by atomic mass is 10.4. The molecule has 1 aromatic carbocycles. The van der Waals surface area contributed by atoms with Gasteiger partial charge in [-0.1, -0.05) is 16.8 Å². The van der Waals surface area contributed by atoms with E-state index in [1.54, 1.807) is 14.1 Å². The van der Waals surface area contributed by atoms with Gasteiger partial charge in [-0.15, -0.1) is 0 Å². The van der Waals surface area contributed by atoms with Gasteiger partial charge in [0.1, 0.15) is 0 Å². The predicted molar refractivity (Wildman–Crippen MR) is 57.2 cm³/mol. The second kappa shape index (κ2) is 4.59. The van der Waals surface area contributed by atoms with Crippen molar-refractivity contribution in [1.82, 2.24) is 5.01 Å². The molecule has 0 spiro atoms. The molecule has 0 bridgehead atoms. The summed E-state index contributed by atoms with van der Waals surface area (Å²) in [5.41, 5.74) is 0. The van der Waals surface area contributed by atoms with E-state index in [9.17, 15) is 8.42 Å². The predicted octanol–water partition coefficient (Wildman–Crippen LogP) is 1.96. The lowest BCUT2D eigenvalue weighted by molar-refractivity contribution is 0.410. The Kier molecular flexibility index (Phi) is 3.65. The van der Waals surface area contributed by atoms with Gasteiger partial charge in [0.2, 0.25) is 0 Å². The van der Waals surface area contributed by atoms with Crippen LogP contribution in [0, 0.1) is 0 Å². The molecule has 0 aliphatic heterocycles. The SMILES string of the molecule is CN(C)/N=N/S(=O)(=O)c1ccc(Cl)cc1. The zero-order valence-electron chi connectivity index (χ0n) is 8.25. The standard InChI is InChI=1S/C8H10ClN3O2S/c1-12(2)10-11-15(13,14)8-5-3-7(9)4-6-8/h3-6H,1-2H3/b11-10+. The zero-order chi connectivity index (χ0) is 11.5. The molecule has 0 heterocycles. The van der Waals surface area contributed by atoms with Crippen LogP contribution in [0.1, 0.15) is 0 Å². The van der Waals surface area contributed by atoms with Crippen LogP contribution in [0.5, 0.6) is 0 Å². The van der Waals surface area contributed by atoms with Crippen LogP contribution in [0.4, 0.5) is 0 Å². The first kappa shape index (κ1) is 11.9. The van der Waals surface area contributed by atoms with E-state index in [1.165, 1.54) is 29.3 Å². The quantitative estimate of drug-likeness (QED) is 0.606. The highest BCUT2D eigenvalue weighted by Gasteiger charge is 2.12. The van der Waals surface area contributed by atoms with Crippen LogP contribution in [0.25, 0.3) is 0 Å². The molecule has 15 heavy (non-hydrogen) atoms. The minimum Gasteiger partial charge on any atom is -0.284 e. The molecule has 5 nitrogen and oxygen atoms in total. The van der Waals surface area contributed by atoms with Crippen molar-refractivity contribution in [3.05, 3.63) is 29.3 Å². The molecule has 0 atom stereocenters. The minimum absolute atomic E-state index is 0.0671. The van der Waals surface area contributed by atoms with E-state index < -0.39 is 10.0 Å². The van der Waals surface area contributed by atoms with Crippen LogP contribution < -0.4 is 0 Å². The van der Waals surface area contributed by atoms with E-state index in [1.807, 2.05) is 0 Å². The summed E-state index contributed by atoms with van der Waals surface area (Å²) in [5.74, 6) is 0. The molecule has 0 aliphatic rings. The largest absolute Gasteiger partial charge is 0.301 e. The molecule has 0 aliphatic carbocycles. The summed E-state index contributed by atoms with van der Waals surface area (Å²) in [4.78, 5) is 0.0671. The maximum atomic E-state index is 11.5. The van der Waals surface area contributed by atoms with Gasteiger partial charge in [0.25, 0.3) is 0 Å². The number of hydrogen-bond acceptors (Lipinski definition) is 3. The first-order valence-electron chi connectivity index (χ1n) is 4.02. The summed E-state index contributed by atoms with van der Waals surface area (Å²) in [6.45, 7) is 0. The third kappa shape index (κ3) is 3.49. The third-order valence-electron chi connectivity index (χ3n) is 1.43. The smallest absolute Gasteiger partial charge is 0.284 e. The Labute approximate surface area is 93.4 Å². The van der Waals surface area contributed by atoms with Gasteiger partial charge in [0.05, 0.1) is 4.90 Å². The minimum atomic E-state index is -3.71. The number of sulfonamides is 1. The third-order valence-corrected chi connectivity index (χ3v) is 2.84. The van der Waals surface area contributed by atoms with Crippen LogP contribution in [0.3, 0.4) is 0 Å². The Bertz CT molecular complexity index is 453. The van der Waals surface area contributed by atoms with Gasteiger partial charge in [-0.05, 0) is 28.8 Å². The van der Waals surface area contributed by atoms with Crippen molar-refractivity contribution in [3.8, 4) is 0 Å². The summed E-state index contributed by atoms with van der Waals surface area (Å²) in [5, 5.41) is 5.20. The van der Waals surface area contributed by atoms with Crippen LogP contribution in [0.2, 0.25) is 5.02 Å². The normalized spacial score (nSPS) is 11.9. The van der Waals surface area contributed by atoms with Gasteiger partial charge < -0.3 is 0 Å². The van der Waals surface area contributed by atoms with Crippen molar-refractivity contribution in [2.75, 3.05) is 14.1 Å². The molecule has 1 rings (SSSR count). The fraction of sp³-hybridized carbons (Fsp3) is 0.250. The number of rotatable bonds is 3. The fourth-order valence-corrected chi connectivity index (χ4v) is 1.72. The zero-order valence-corrected chi connectivity index (χ0v) is 9.83. The van der Waals surface area contributed by atoms with Gasteiger partial charge in [-0.25, -0.2) is 0 Å². The lowest BCUT2D eigenvalue weighted by Crippen LogP contribution is -2.03. The lowest BCUT2D eigenvalue weighted by Gasteiger charge is -2.01. The van der Waals surface area contributed by atoms with Crippen LogP contribution in [-0.4, -0.2) is 27.5 Å². The molecule has 0 aromatic heterocycles. The molecule has 0 saturated heterocycles. The number of benzene rings is 1. The van der Waals surface area contributed by atoms with Crippen LogP contribution in [-0.2, 0) is 10.0 Å². The number of halogens is 1. The van der Waals surface area contributed by atoms with Gasteiger partial charge in [-0.2, -0.15) is 8.42 Å². The van der Waals surface area contributed by atoms with E-state index in [4.69, 9.17) is 11.6 Å². The second-order valence-electron chi connectivity index (χ2n) is 2.95. The molecular formula is C8H10ClN3O2S. The number of nitrogens with zero attached hydrogens (tertiary/aromatic N) is 3. The Morgan fingerprint density at radius 3 is 2.20 bits per heavy atom. The Balaban J connectivity index is 3.02. The summed E-state index contributed by atoms with van der Waals surface area (Å²) < 4.78 is 26.3. The molecule has 0 amide bonds. The highest BCUT2D eigenvalue weighted by Crippen LogP contribution is 2.16. The van der Waals surface area contributed by atoms with Crippen molar-refractivity contribution in [3.63, 3.8) is 0 Å². The maximum absolute atomic E-state index is 11.5. The molecule has 82 valence electrons. The number of hydrogen-bond donors (Lipinski definition) is 0. The molecule has 0 fully saturated rings. The average molecular weight is 248 g/mol. The van der Waals surface area contributed by atoms with E-state index in [-0.39, 0.29) is 4.90 Å². The van der Waals surface area contributed by atoms with Crippen molar-refractivity contribution >= 4 is 21.6 Å². The molecule has 0 unspecified atom stereocenters. The maximum Gasteiger partial charge on any atom is 0.301 e. The molecule has 1 aromatic rings.